The number of nitrogens with zero attached hydrogens (tertiary/aromatic N) is 5. The van der Waals surface area contributed by atoms with Crippen molar-refractivity contribution in [1.29, 1.82) is 0 Å². The minimum Gasteiger partial charge on any atom is -0.494 e. The molecule has 0 spiro atoms. The minimum absolute atomic E-state index is 0.254. The average Bonchev–Trinajstić information content (AvgIpc) is 3.30. The Kier molecular flexibility index (Phi) is 7.86. The highest BCUT2D eigenvalue weighted by molar-refractivity contribution is 7.91. The maximum absolute atomic E-state index is 13.6. The first-order chi connectivity index (χ1) is 17.3. The van der Waals surface area contributed by atoms with E-state index in [-0.39, 0.29) is 17.6 Å². The van der Waals surface area contributed by atoms with Crippen molar-refractivity contribution in [3.8, 4) is 17.2 Å². The molecule has 4 rings (SSSR count). The van der Waals surface area contributed by atoms with Crippen LogP contribution in [0.1, 0.15) is 48.8 Å². The quantitative estimate of drug-likeness (QED) is 0.451. The van der Waals surface area contributed by atoms with Gasteiger partial charge in [0.05, 0.1) is 38.7 Å². The van der Waals surface area contributed by atoms with E-state index < -0.39 is 21.0 Å². The molecule has 0 bridgehead atoms. The van der Waals surface area contributed by atoms with Crippen molar-refractivity contribution < 1.29 is 22.6 Å². The van der Waals surface area contributed by atoms with Gasteiger partial charge in [-0.1, -0.05) is 13.0 Å². The molecule has 1 fully saturated rings. The lowest BCUT2D eigenvalue weighted by molar-refractivity contribution is 0.0736. The van der Waals surface area contributed by atoms with Crippen molar-refractivity contribution in [3.63, 3.8) is 0 Å². The summed E-state index contributed by atoms with van der Waals surface area (Å²) >= 11 is 0. The van der Waals surface area contributed by atoms with E-state index in [1.807, 2.05) is 13.8 Å². The van der Waals surface area contributed by atoms with Crippen LogP contribution in [0.4, 0.5) is 0 Å². The van der Waals surface area contributed by atoms with Crippen LogP contribution in [0.15, 0.2) is 30.6 Å². The van der Waals surface area contributed by atoms with E-state index in [1.165, 1.54) is 0 Å². The Morgan fingerprint density at radius 3 is 2.39 bits per heavy atom. The van der Waals surface area contributed by atoms with Gasteiger partial charge in [-0.3, -0.25) is 4.57 Å². The molecule has 11 nitrogen and oxygen atoms in total. The molecule has 1 saturated heterocycles. The molecule has 0 saturated carbocycles. The molecule has 3 atom stereocenters. The van der Waals surface area contributed by atoms with Gasteiger partial charge in [0.2, 0.25) is 0 Å². The zero-order valence-electron chi connectivity index (χ0n) is 21.1. The number of nitrogens with one attached hydrogen (secondary N) is 1. The van der Waals surface area contributed by atoms with Gasteiger partial charge in [0, 0.05) is 24.9 Å². The predicted octanol–water partition coefficient (Wildman–Crippen LogP) is 2.15. The highest BCUT2D eigenvalue weighted by Gasteiger charge is 2.34. The molecule has 0 aliphatic carbocycles. The number of aryl methyl sites for hydroxylation is 1. The number of ether oxygens (including phenoxy) is 3. The van der Waals surface area contributed by atoms with Crippen LogP contribution < -0.4 is 14.8 Å². The van der Waals surface area contributed by atoms with Gasteiger partial charge < -0.3 is 19.5 Å². The molecule has 1 aliphatic rings. The fraction of sp³-hybridized carbons (Fsp3) is 0.500. The van der Waals surface area contributed by atoms with Gasteiger partial charge >= 0.3 is 0 Å². The first-order valence-corrected chi connectivity index (χ1v) is 13.4. The molecule has 1 aromatic carbocycles. The third-order valence-corrected chi connectivity index (χ3v) is 8.62. The number of hydrogen-bond acceptors (Lipinski definition) is 10. The second kappa shape index (κ2) is 10.9. The topological polar surface area (TPSA) is 130 Å². The lowest BCUT2D eigenvalue weighted by Gasteiger charge is -2.25. The number of rotatable bonds is 9. The van der Waals surface area contributed by atoms with Crippen LogP contribution in [0.2, 0.25) is 0 Å². The normalized spacial score (nSPS) is 18.0. The zero-order valence-corrected chi connectivity index (χ0v) is 21.9. The summed E-state index contributed by atoms with van der Waals surface area (Å²) in [5.41, 5.74) is 1.44. The number of para-hydroxylation sites is 1. The Labute approximate surface area is 211 Å². The SMILES string of the molecule is COc1cccc(OC)c1-n1c(CS(=O)(=O)[C@@H](C)[C@H](C)c2ncc(C)cn2)nnc1[C@H]1COCCN1. The zero-order chi connectivity index (χ0) is 25.9. The van der Waals surface area contributed by atoms with Crippen molar-refractivity contribution in [2.75, 3.05) is 34.0 Å². The Morgan fingerprint density at radius 1 is 1.14 bits per heavy atom. The molecule has 0 amide bonds. The number of aromatic nitrogens is 5. The Hall–Kier alpha value is -3.09. The summed E-state index contributed by atoms with van der Waals surface area (Å²) in [5, 5.41) is 11.3. The molecule has 2 aromatic heterocycles. The molecule has 1 aliphatic heterocycles. The van der Waals surface area contributed by atoms with Gasteiger partial charge in [0.15, 0.2) is 21.5 Å². The van der Waals surface area contributed by atoms with Crippen molar-refractivity contribution in [2.45, 2.75) is 43.7 Å². The third-order valence-electron chi connectivity index (χ3n) is 6.42. The van der Waals surface area contributed by atoms with Crippen molar-refractivity contribution >= 4 is 9.84 Å². The third kappa shape index (κ3) is 5.20. The predicted molar refractivity (Wildman–Crippen MR) is 133 cm³/mol. The van der Waals surface area contributed by atoms with Crippen LogP contribution in [0.25, 0.3) is 5.69 Å². The van der Waals surface area contributed by atoms with E-state index in [1.54, 1.807) is 56.3 Å². The molecule has 3 aromatic rings. The van der Waals surface area contributed by atoms with Gasteiger partial charge in [-0.2, -0.15) is 0 Å². The van der Waals surface area contributed by atoms with Crippen LogP contribution >= 0.6 is 0 Å². The van der Waals surface area contributed by atoms with E-state index in [9.17, 15) is 8.42 Å². The van der Waals surface area contributed by atoms with Crippen molar-refractivity contribution in [1.82, 2.24) is 30.0 Å². The summed E-state index contributed by atoms with van der Waals surface area (Å²) < 4.78 is 45.8. The van der Waals surface area contributed by atoms with E-state index >= 15 is 0 Å². The number of morpholine rings is 1. The first kappa shape index (κ1) is 26.0. The van der Waals surface area contributed by atoms with Crippen molar-refractivity contribution in [2.24, 2.45) is 0 Å². The Bertz CT molecular complexity index is 1270. The fourth-order valence-corrected chi connectivity index (χ4v) is 5.70. The van der Waals surface area contributed by atoms with Crippen LogP contribution in [0.3, 0.4) is 0 Å². The largest absolute Gasteiger partial charge is 0.494 e. The molecular weight excluding hydrogens is 484 g/mol. The first-order valence-electron chi connectivity index (χ1n) is 11.7. The van der Waals surface area contributed by atoms with Gasteiger partial charge in [0.25, 0.3) is 0 Å². The highest BCUT2D eigenvalue weighted by atomic mass is 32.2. The monoisotopic (exact) mass is 516 g/mol. The maximum atomic E-state index is 13.6. The standard InChI is InChI=1S/C24H32N6O5S/c1-15-11-26-23(27-12-15)16(2)17(3)36(31,32)14-21-28-29-24(18-13-35-10-9-25-18)30(21)22-19(33-4)7-6-8-20(22)34-5/h6-8,11-12,16-18,25H,9-10,13-14H2,1-5H3/t16-,17-,18+/m0/s1. The maximum Gasteiger partial charge on any atom is 0.160 e. The Balaban J connectivity index is 1.77. The lowest BCUT2D eigenvalue weighted by atomic mass is 10.1. The summed E-state index contributed by atoms with van der Waals surface area (Å²) in [5.74, 6) is 1.50. The average molecular weight is 517 g/mol. The van der Waals surface area contributed by atoms with Crippen LogP contribution in [0.5, 0.6) is 11.5 Å². The van der Waals surface area contributed by atoms with Gasteiger partial charge in [-0.15, -0.1) is 10.2 Å². The number of hydrogen-bond donors (Lipinski definition) is 1. The second-order valence-electron chi connectivity index (χ2n) is 8.82. The molecule has 0 radical (unpaired) electrons. The van der Waals surface area contributed by atoms with E-state index in [0.717, 1.165) is 5.56 Å². The Morgan fingerprint density at radius 2 is 1.81 bits per heavy atom. The lowest BCUT2D eigenvalue weighted by Crippen LogP contribution is -2.36. The summed E-state index contributed by atoms with van der Waals surface area (Å²) in [6.45, 7) is 6.97. The molecule has 3 heterocycles. The van der Waals surface area contributed by atoms with E-state index in [0.29, 0.717) is 48.6 Å². The molecule has 36 heavy (non-hydrogen) atoms. The number of methoxy groups -OCH3 is 2. The van der Waals surface area contributed by atoms with Crippen LogP contribution in [-0.2, 0) is 20.3 Å². The highest BCUT2D eigenvalue weighted by Crippen LogP contribution is 2.36. The van der Waals surface area contributed by atoms with Crippen LogP contribution in [0, 0.1) is 6.92 Å². The fourth-order valence-electron chi connectivity index (χ4n) is 4.15. The van der Waals surface area contributed by atoms with Gasteiger partial charge in [-0.25, -0.2) is 18.4 Å². The van der Waals surface area contributed by atoms with Crippen molar-refractivity contribution in [3.05, 3.63) is 53.6 Å². The van der Waals surface area contributed by atoms with Gasteiger partial charge in [-0.05, 0) is 31.5 Å². The minimum atomic E-state index is -3.69. The summed E-state index contributed by atoms with van der Waals surface area (Å²) in [6.07, 6.45) is 3.38. The molecule has 0 unspecified atom stereocenters. The summed E-state index contributed by atoms with van der Waals surface area (Å²) in [4.78, 5) is 8.66. The summed E-state index contributed by atoms with van der Waals surface area (Å²) in [6, 6.07) is 5.08. The van der Waals surface area contributed by atoms with Crippen LogP contribution in [-0.4, -0.2) is 72.4 Å². The second-order valence-corrected chi connectivity index (χ2v) is 11.2. The smallest absolute Gasteiger partial charge is 0.160 e. The number of sulfone groups is 1. The molecule has 12 heteroatoms. The molecule has 1 N–H and O–H groups in total. The van der Waals surface area contributed by atoms with E-state index in [4.69, 9.17) is 14.2 Å². The summed E-state index contributed by atoms with van der Waals surface area (Å²) in [7, 11) is -0.599. The number of benzene rings is 1. The van der Waals surface area contributed by atoms with E-state index in [2.05, 4.69) is 25.5 Å². The van der Waals surface area contributed by atoms with Gasteiger partial charge in [0.1, 0.15) is 28.8 Å². The molecular formula is C24H32N6O5S. The molecule has 194 valence electrons.